The first-order chi connectivity index (χ1) is 8.34. The summed E-state index contributed by atoms with van der Waals surface area (Å²) in [6.07, 6.45) is 19.0. The molecule has 0 spiro atoms. The highest BCUT2D eigenvalue weighted by atomic mass is 14.1. The Hall–Kier alpha value is -1.82. The van der Waals surface area contributed by atoms with Crippen LogP contribution in [0.4, 0.5) is 0 Å². The number of rotatable bonds is 0. The van der Waals surface area contributed by atoms with Gasteiger partial charge in [0, 0.05) is 0 Å². The fourth-order valence-corrected chi connectivity index (χ4v) is 2.36. The molecule has 1 aromatic carbocycles. The number of allylic oxidation sites excluding steroid dienone is 4. The van der Waals surface area contributed by atoms with Gasteiger partial charge in [-0.3, -0.25) is 0 Å². The minimum absolute atomic E-state index is 0.517. The van der Waals surface area contributed by atoms with E-state index < -0.39 is 0 Å². The fourth-order valence-electron chi connectivity index (χ4n) is 2.36. The molecule has 0 unspecified atom stereocenters. The average Bonchev–Trinajstić information content (AvgIpc) is 2.67. The normalized spacial score (nSPS) is 20.6. The van der Waals surface area contributed by atoms with Crippen LogP contribution in [0.3, 0.4) is 0 Å². The van der Waals surface area contributed by atoms with Crippen molar-refractivity contribution in [1.82, 2.24) is 0 Å². The Morgan fingerprint density at radius 3 is 2.35 bits per heavy atom. The Balaban J connectivity index is 2.25. The molecular formula is C17H16. The third-order valence-electron chi connectivity index (χ3n) is 3.35. The van der Waals surface area contributed by atoms with Gasteiger partial charge in [0.2, 0.25) is 0 Å². The number of fused-ring (bicyclic) bond motifs is 3. The summed E-state index contributed by atoms with van der Waals surface area (Å²) in [5, 5.41) is 0. The van der Waals surface area contributed by atoms with Crippen molar-refractivity contribution < 1.29 is 0 Å². The van der Waals surface area contributed by atoms with Crippen molar-refractivity contribution in [2.24, 2.45) is 5.92 Å². The summed E-state index contributed by atoms with van der Waals surface area (Å²) in [6.45, 7) is 2.22. The van der Waals surface area contributed by atoms with E-state index in [0.717, 1.165) is 6.42 Å². The van der Waals surface area contributed by atoms with E-state index >= 15 is 0 Å². The molecule has 0 saturated heterocycles. The lowest BCUT2D eigenvalue weighted by molar-refractivity contribution is 0.954. The van der Waals surface area contributed by atoms with Gasteiger partial charge < -0.3 is 0 Å². The second-order valence-electron chi connectivity index (χ2n) is 4.69. The zero-order valence-electron chi connectivity index (χ0n) is 10.1. The second kappa shape index (κ2) is 4.21. The van der Waals surface area contributed by atoms with E-state index in [1.54, 1.807) is 0 Å². The van der Waals surface area contributed by atoms with E-state index in [2.05, 4.69) is 67.7 Å². The minimum atomic E-state index is 0.517. The first kappa shape index (κ1) is 10.3. The van der Waals surface area contributed by atoms with Crippen molar-refractivity contribution in [3.63, 3.8) is 0 Å². The molecule has 2 aliphatic rings. The maximum Gasteiger partial charge on any atom is -0.00752 e. The van der Waals surface area contributed by atoms with Crippen LogP contribution in [-0.2, 0) is 0 Å². The van der Waals surface area contributed by atoms with Crippen LogP contribution in [0.25, 0.3) is 24.3 Å². The van der Waals surface area contributed by atoms with Gasteiger partial charge in [0.25, 0.3) is 0 Å². The minimum Gasteiger partial charge on any atom is -0.0801 e. The zero-order valence-corrected chi connectivity index (χ0v) is 10.1. The summed E-state index contributed by atoms with van der Waals surface area (Å²) < 4.78 is 0. The quantitative estimate of drug-likeness (QED) is 0.589. The van der Waals surface area contributed by atoms with Crippen LogP contribution < -0.4 is 0 Å². The van der Waals surface area contributed by atoms with Gasteiger partial charge >= 0.3 is 0 Å². The summed E-state index contributed by atoms with van der Waals surface area (Å²) in [7, 11) is 0. The van der Waals surface area contributed by atoms with Gasteiger partial charge in [-0.2, -0.15) is 0 Å². The summed E-state index contributed by atoms with van der Waals surface area (Å²) in [4.78, 5) is 0. The van der Waals surface area contributed by atoms with Crippen molar-refractivity contribution >= 4 is 24.3 Å². The second-order valence-corrected chi connectivity index (χ2v) is 4.69. The van der Waals surface area contributed by atoms with Crippen molar-refractivity contribution in [1.29, 1.82) is 0 Å². The average molecular weight is 220 g/mol. The molecule has 0 heteroatoms. The van der Waals surface area contributed by atoms with E-state index in [1.807, 2.05) is 0 Å². The van der Waals surface area contributed by atoms with Crippen LogP contribution in [0.5, 0.6) is 0 Å². The summed E-state index contributed by atoms with van der Waals surface area (Å²) in [5.41, 5.74) is 5.35. The molecule has 1 aromatic rings. The maximum absolute atomic E-state index is 2.27. The summed E-state index contributed by atoms with van der Waals surface area (Å²) in [6, 6.07) is 4.44. The van der Waals surface area contributed by atoms with E-state index in [4.69, 9.17) is 0 Å². The smallest absolute Gasteiger partial charge is 0.00752 e. The van der Waals surface area contributed by atoms with E-state index in [1.165, 1.54) is 22.3 Å². The largest absolute Gasteiger partial charge is 0.0801 e. The van der Waals surface area contributed by atoms with Gasteiger partial charge in [0.05, 0.1) is 0 Å². The Morgan fingerprint density at radius 1 is 0.824 bits per heavy atom. The lowest BCUT2D eigenvalue weighted by atomic mass is 9.96. The predicted molar refractivity (Wildman–Crippen MR) is 76.4 cm³/mol. The fraction of sp³-hybridized carbons (Fsp3) is 0.176. The van der Waals surface area contributed by atoms with Crippen molar-refractivity contribution in [2.45, 2.75) is 13.3 Å². The Labute approximate surface area is 103 Å². The Morgan fingerprint density at radius 2 is 1.47 bits per heavy atom. The highest BCUT2D eigenvalue weighted by Gasteiger charge is 2.09. The van der Waals surface area contributed by atoms with Crippen LogP contribution in [-0.4, -0.2) is 0 Å². The molecule has 0 bridgehead atoms. The van der Waals surface area contributed by atoms with Crippen LogP contribution in [0.2, 0.25) is 0 Å². The van der Waals surface area contributed by atoms with Crippen molar-refractivity contribution in [3.8, 4) is 0 Å². The van der Waals surface area contributed by atoms with Gasteiger partial charge in [-0.15, -0.1) is 0 Å². The molecule has 0 nitrogen and oxygen atoms in total. The number of hydrogen-bond donors (Lipinski definition) is 0. The topological polar surface area (TPSA) is 0 Å². The van der Waals surface area contributed by atoms with E-state index in [-0.39, 0.29) is 0 Å². The molecule has 0 fully saturated rings. The van der Waals surface area contributed by atoms with Gasteiger partial charge in [0.1, 0.15) is 0 Å². The Bertz CT molecular complexity index is 554. The van der Waals surface area contributed by atoms with Crippen LogP contribution in [0.15, 0.2) is 36.4 Å². The molecule has 0 N–H and O–H groups in total. The third-order valence-corrected chi connectivity index (χ3v) is 3.35. The molecule has 2 aliphatic carbocycles. The molecule has 0 heterocycles. The predicted octanol–water partition coefficient (Wildman–Crippen LogP) is 4.79. The molecule has 1 atom stereocenters. The molecule has 0 radical (unpaired) electrons. The van der Waals surface area contributed by atoms with Gasteiger partial charge in [-0.25, -0.2) is 0 Å². The van der Waals surface area contributed by atoms with E-state index in [9.17, 15) is 0 Å². The number of hydrogen-bond acceptors (Lipinski definition) is 0. The molecule has 0 aliphatic heterocycles. The third kappa shape index (κ3) is 1.91. The standard InChI is InChI=1S/C17H16/c1-13-7-9-15-11-10-14-5-3-2-4-6-16(14)17(15)12-8-13/h3-13H,2H2,1H3/t13-/m0/s1. The Kier molecular flexibility index (Phi) is 2.56. The van der Waals surface area contributed by atoms with Gasteiger partial charge in [-0.05, 0) is 34.6 Å². The first-order valence-corrected chi connectivity index (χ1v) is 6.21. The molecule has 17 heavy (non-hydrogen) atoms. The van der Waals surface area contributed by atoms with Crippen molar-refractivity contribution in [3.05, 3.63) is 58.7 Å². The zero-order chi connectivity index (χ0) is 11.7. The number of benzene rings is 1. The van der Waals surface area contributed by atoms with Crippen molar-refractivity contribution in [2.75, 3.05) is 0 Å². The molecular weight excluding hydrogens is 204 g/mol. The molecule has 0 amide bonds. The van der Waals surface area contributed by atoms with E-state index in [0.29, 0.717) is 5.92 Å². The lowest BCUT2D eigenvalue weighted by Crippen LogP contribution is -1.89. The monoisotopic (exact) mass is 220 g/mol. The maximum atomic E-state index is 2.27. The van der Waals surface area contributed by atoms with Crippen LogP contribution in [0.1, 0.15) is 35.6 Å². The highest BCUT2D eigenvalue weighted by molar-refractivity contribution is 5.81. The summed E-state index contributed by atoms with van der Waals surface area (Å²) >= 11 is 0. The van der Waals surface area contributed by atoms with Crippen LogP contribution >= 0.6 is 0 Å². The van der Waals surface area contributed by atoms with Gasteiger partial charge in [-0.1, -0.05) is 67.7 Å². The van der Waals surface area contributed by atoms with Crippen LogP contribution in [0, 0.1) is 5.92 Å². The first-order valence-electron chi connectivity index (χ1n) is 6.21. The molecule has 0 aromatic heterocycles. The molecule has 3 rings (SSSR count). The highest BCUT2D eigenvalue weighted by Crippen LogP contribution is 2.29. The SMILES string of the molecule is C[C@H]1C=Cc2ccc3c(c2C=C1)C=CCC=C3. The molecule has 0 saturated carbocycles. The lowest BCUT2D eigenvalue weighted by Gasteiger charge is -2.09. The summed E-state index contributed by atoms with van der Waals surface area (Å²) in [5.74, 6) is 0.517. The van der Waals surface area contributed by atoms with Gasteiger partial charge in [0.15, 0.2) is 0 Å². The molecule has 84 valence electrons.